The zero-order valence-electron chi connectivity index (χ0n) is 15.7. The van der Waals surface area contributed by atoms with Gasteiger partial charge in [0.1, 0.15) is 5.75 Å². The fraction of sp³-hybridized carbons (Fsp3) is 0.167. The lowest BCUT2D eigenvalue weighted by Crippen LogP contribution is -2.17. The predicted molar refractivity (Wildman–Crippen MR) is 106 cm³/mol. The first kappa shape index (κ1) is 18.6. The highest BCUT2D eigenvalue weighted by molar-refractivity contribution is 6.09. The maximum Gasteiger partial charge on any atom is 0.318 e. The van der Waals surface area contributed by atoms with Crippen LogP contribution in [0.4, 0.5) is 0 Å². The fourth-order valence-corrected chi connectivity index (χ4v) is 2.86. The Morgan fingerprint density at radius 2 is 1.52 bits per heavy atom. The van der Waals surface area contributed by atoms with Crippen molar-refractivity contribution in [1.82, 2.24) is 0 Å². The van der Waals surface area contributed by atoms with Gasteiger partial charge in [-0.05, 0) is 49.6 Å². The first-order valence-electron chi connectivity index (χ1n) is 8.94. The quantitative estimate of drug-likeness (QED) is 0.356. The van der Waals surface area contributed by atoms with E-state index in [0.717, 1.165) is 16.7 Å². The average Bonchev–Trinajstić information content (AvgIpc) is 2.70. The number of carbonyl (C=O) groups is 2. The molecule has 3 rings (SSSR count). The van der Waals surface area contributed by atoms with Crippen molar-refractivity contribution in [3.63, 3.8) is 0 Å². The molecule has 27 heavy (non-hydrogen) atoms. The summed E-state index contributed by atoms with van der Waals surface area (Å²) < 4.78 is 5.60. The zero-order valence-corrected chi connectivity index (χ0v) is 15.7. The van der Waals surface area contributed by atoms with E-state index < -0.39 is 5.92 Å². The molecular weight excluding hydrogens is 336 g/mol. The molecule has 0 N–H and O–H groups in total. The number of ketones is 1. The van der Waals surface area contributed by atoms with Crippen LogP contribution in [0, 0.1) is 13.8 Å². The van der Waals surface area contributed by atoms with E-state index in [-0.39, 0.29) is 11.8 Å². The van der Waals surface area contributed by atoms with Crippen molar-refractivity contribution in [3.8, 4) is 5.75 Å². The van der Waals surface area contributed by atoms with E-state index in [4.69, 9.17) is 4.74 Å². The Bertz CT molecular complexity index is 974. The highest BCUT2D eigenvalue weighted by atomic mass is 16.5. The number of aryl methyl sites for hydroxylation is 2. The fourth-order valence-electron chi connectivity index (χ4n) is 2.86. The van der Waals surface area contributed by atoms with Gasteiger partial charge in [0, 0.05) is 11.1 Å². The van der Waals surface area contributed by atoms with Crippen molar-refractivity contribution in [3.05, 3.63) is 101 Å². The molecule has 0 radical (unpaired) electrons. The number of ether oxygens (including phenoxy) is 1. The van der Waals surface area contributed by atoms with Crippen LogP contribution in [0.5, 0.6) is 5.75 Å². The average molecular weight is 358 g/mol. The van der Waals surface area contributed by atoms with Crippen molar-refractivity contribution < 1.29 is 14.3 Å². The Hall–Kier alpha value is -3.20. The molecule has 136 valence electrons. The summed E-state index contributed by atoms with van der Waals surface area (Å²) in [5.41, 5.74) is 3.89. The molecule has 3 nitrogen and oxygen atoms in total. The van der Waals surface area contributed by atoms with Crippen molar-refractivity contribution in [1.29, 1.82) is 0 Å². The van der Waals surface area contributed by atoms with Gasteiger partial charge in [-0.2, -0.15) is 0 Å². The number of carbonyl (C=O) groups excluding carboxylic acids is 2. The maximum absolute atomic E-state index is 12.6. The lowest BCUT2D eigenvalue weighted by Gasteiger charge is -2.14. The minimum Gasteiger partial charge on any atom is -0.426 e. The molecule has 0 aliphatic carbocycles. The summed E-state index contributed by atoms with van der Waals surface area (Å²) in [6.07, 6.45) is 0. The van der Waals surface area contributed by atoms with Crippen LogP contribution >= 0.6 is 0 Å². The molecule has 0 spiro atoms. The Kier molecular flexibility index (Phi) is 5.51. The summed E-state index contributed by atoms with van der Waals surface area (Å²) in [6.45, 7) is 5.66. The van der Waals surface area contributed by atoms with Crippen LogP contribution in [0.25, 0.3) is 0 Å². The van der Waals surface area contributed by atoms with Crippen LogP contribution in [0.1, 0.15) is 45.5 Å². The molecule has 3 heteroatoms. The van der Waals surface area contributed by atoms with Crippen LogP contribution in [0.3, 0.4) is 0 Å². The van der Waals surface area contributed by atoms with Gasteiger partial charge in [0.25, 0.3) is 0 Å². The third-order valence-electron chi connectivity index (χ3n) is 4.59. The van der Waals surface area contributed by atoms with E-state index in [9.17, 15) is 9.59 Å². The summed E-state index contributed by atoms with van der Waals surface area (Å²) in [6, 6.07) is 22.1. The van der Waals surface area contributed by atoms with E-state index in [1.54, 1.807) is 37.3 Å². The van der Waals surface area contributed by atoms with Crippen molar-refractivity contribution in [2.45, 2.75) is 26.7 Å². The largest absolute Gasteiger partial charge is 0.426 e. The normalized spacial score (nSPS) is 11.7. The second-order valence-electron chi connectivity index (χ2n) is 6.73. The minimum atomic E-state index is -0.478. The molecule has 0 saturated carbocycles. The van der Waals surface area contributed by atoms with Crippen LogP contribution in [0.2, 0.25) is 0 Å². The van der Waals surface area contributed by atoms with Crippen LogP contribution < -0.4 is 4.74 Å². The van der Waals surface area contributed by atoms with Crippen molar-refractivity contribution >= 4 is 11.8 Å². The monoisotopic (exact) mass is 358 g/mol. The van der Waals surface area contributed by atoms with Gasteiger partial charge in [-0.1, -0.05) is 60.7 Å². The number of rotatable bonds is 5. The summed E-state index contributed by atoms with van der Waals surface area (Å²) in [5, 5.41) is 0. The second kappa shape index (κ2) is 8.00. The number of esters is 1. The van der Waals surface area contributed by atoms with Gasteiger partial charge < -0.3 is 4.74 Å². The molecule has 0 aliphatic rings. The molecule has 0 saturated heterocycles. The van der Waals surface area contributed by atoms with Gasteiger partial charge in [0.05, 0.1) is 5.92 Å². The lowest BCUT2D eigenvalue weighted by atomic mass is 9.96. The van der Waals surface area contributed by atoms with E-state index >= 15 is 0 Å². The topological polar surface area (TPSA) is 43.4 Å². The number of hydrogen-bond acceptors (Lipinski definition) is 3. The first-order valence-corrected chi connectivity index (χ1v) is 8.94. The molecule has 3 aromatic rings. The molecule has 0 bridgehead atoms. The molecule has 1 unspecified atom stereocenters. The Morgan fingerprint density at radius 3 is 2.26 bits per heavy atom. The number of hydrogen-bond donors (Lipinski definition) is 0. The summed E-state index contributed by atoms with van der Waals surface area (Å²) >= 11 is 0. The van der Waals surface area contributed by atoms with Gasteiger partial charge in [-0.25, -0.2) is 0 Å². The van der Waals surface area contributed by atoms with E-state index in [1.165, 1.54) is 0 Å². The molecule has 0 heterocycles. The standard InChI is InChI=1S/C24H22O3/c1-16-12-13-17(2)22(14-16)27-24(26)18(3)20-10-7-11-21(15-20)23(25)19-8-5-4-6-9-19/h4-15,18H,1-3H3. The molecule has 3 aromatic carbocycles. The minimum absolute atomic E-state index is 0.0625. The third-order valence-corrected chi connectivity index (χ3v) is 4.59. The van der Waals surface area contributed by atoms with E-state index in [2.05, 4.69) is 0 Å². The second-order valence-corrected chi connectivity index (χ2v) is 6.73. The SMILES string of the molecule is Cc1ccc(C)c(OC(=O)C(C)c2cccc(C(=O)c3ccccc3)c2)c1. The summed E-state index contributed by atoms with van der Waals surface area (Å²) in [7, 11) is 0. The maximum atomic E-state index is 12.6. The molecular formula is C24H22O3. The summed E-state index contributed by atoms with van der Waals surface area (Å²) in [4.78, 5) is 25.3. The van der Waals surface area contributed by atoms with E-state index in [1.807, 2.05) is 56.3 Å². The first-order chi connectivity index (χ1) is 13.0. The lowest BCUT2D eigenvalue weighted by molar-refractivity contribution is -0.135. The van der Waals surface area contributed by atoms with Crippen molar-refractivity contribution in [2.75, 3.05) is 0 Å². The predicted octanol–water partition coefficient (Wildman–Crippen LogP) is 5.24. The smallest absolute Gasteiger partial charge is 0.318 e. The third kappa shape index (κ3) is 4.32. The number of benzene rings is 3. The summed E-state index contributed by atoms with van der Waals surface area (Å²) in [5.74, 6) is -0.308. The van der Waals surface area contributed by atoms with Crippen LogP contribution in [-0.2, 0) is 4.79 Å². The molecule has 0 aliphatic heterocycles. The molecule has 1 atom stereocenters. The van der Waals surface area contributed by atoms with Crippen LogP contribution in [-0.4, -0.2) is 11.8 Å². The molecule has 0 aromatic heterocycles. The Balaban J connectivity index is 1.80. The van der Waals surface area contributed by atoms with Gasteiger partial charge >= 0.3 is 5.97 Å². The van der Waals surface area contributed by atoms with Crippen LogP contribution in [0.15, 0.2) is 72.8 Å². The van der Waals surface area contributed by atoms with Gasteiger partial charge in [0.2, 0.25) is 0 Å². The Morgan fingerprint density at radius 1 is 0.815 bits per heavy atom. The highest BCUT2D eigenvalue weighted by Gasteiger charge is 2.20. The molecule has 0 fully saturated rings. The van der Waals surface area contributed by atoms with Gasteiger partial charge in [-0.3, -0.25) is 9.59 Å². The van der Waals surface area contributed by atoms with Gasteiger partial charge in [-0.15, -0.1) is 0 Å². The highest BCUT2D eigenvalue weighted by Crippen LogP contribution is 2.24. The van der Waals surface area contributed by atoms with Gasteiger partial charge in [0.15, 0.2) is 5.78 Å². The Labute approximate surface area is 159 Å². The van der Waals surface area contributed by atoms with E-state index in [0.29, 0.717) is 16.9 Å². The molecule has 0 amide bonds. The van der Waals surface area contributed by atoms with Crippen molar-refractivity contribution in [2.24, 2.45) is 0 Å². The zero-order chi connectivity index (χ0) is 19.4.